The lowest BCUT2D eigenvalue weighted by atomic mass is 9.83. The summed E-state index contributed by atoms with van der Waals surface area (Å²) < 4.78 is 6.16. The second-order valence-corrected chi connectivity index (χ2v) is 8.03. The van der Waals surface area contributed by atoms with Crippen molar-refractivity contribution in [1.82, 2.24) is 10.2 Å². The molecule has 3 nitrogen and oxygen atoms in total. The molecule has 1 N–H and O–H groups in total. The van der Waals surface area contributed by atoms with Gasteiger partial charge in [-0.3, -0.25) is 4.90 Å². The predicted octanol–water partition coefficient (Wildman–Crippen LogP) is 2.90. The van der Waals surface area contributed by atoms with Crippen molar-refractivity contribution in [2.24, 2.45) is 5.41 Å². The maximum Gasteiger partial charge on any atom is 0.0760 e. The molecule has 1 heterocycles. The quantitative estimate of drug-likeness (QED) is 0.831. The smallest absolute Gasteiger partial charge is 0.0760 e. The van der Waals surface area contributed by atoms with Gasteiger partial charge in [0.2, 0.25) is 0 Å². The first-order valence-electron chi connectivity index (χ1n) is 7.63. The van der Waals surface area contributed by atoms with E-state index in [0.717, 1.165) is 26.2 Å². The second-order valence-electron chi connectivity index (χ2n) is 8.03. The number of nitrogens with zero attached hydrogens (tertiary/aromatic N) is 1. The molecule has 1 atom stereocenters. The van der Waals surface area contributed by atoms with Gasteiger partial charge in [0.15, 0.2) is 0 Å². The minimum absolute atomic E-state index is 0.0563. The van der Waals surface area contributed by atoms with Gasteiger partial charge in [-0.1, -0.05) is 20.8 Å². The molecule has 0 amide bonds. The van der Waals surface area contributed by atoms with Gasteiger partial charge in [0.25, 0.3) is 0 Å². The van der Waals surface area contributed by atoms with E-state index in [1.807, 2.05) is 0 Å². The first-order chi connectivity index (χ1) is 8.47. The van der Waals surface area contributed by atoms with Crippen molar-refractivity contribution in [3.05, 3.63) is 0 Å². The first kappa shape index (κ1) is 16.9. The Kier molecular flexibility index (Phi) is 5.09. The van der Waals surface area contributed by atoms with Gasteiger partial charge in [-0.15, -0.1) is 0 Å². The number of morpholine rings is 1. The monoisotopic (exact) mass is 270 g/mol. The highest BCUT2D eigenvalue weighted by Gasteiger charge is 2.40. The Balaban J connectivity index is 2.70. The number of hydrogen-bond acceptors (Lipinski definition) is 3. The highest BCUT2D eigenvalue weighted by atomic mass is 16.5. The fraction of sp³-hybridized carbons (Fsp3) is 1.00. The highest BCUT2D eigenvalue weighted by molar-refractivity contribution is 4.92. The summed E-state index contributed by atoms with van der Waals surface area (Å²) >= 11 is 0. The molecule has 0 spiro atoms. The van der Waals surface area contributed by atoms with E-state index in [1.165, 1.54) is 0 Å². The molecule has 0 saturated carbocycles. The Morgan fingerprint density at radius 3 is 2.05 bits per heavy atom. The molecule has 0 aromatic rings. The fourth-order valence-electron chi connectivity index (χ4n) is 3.35. The van der Waals surface area contributed by atoms with Crippen LogP contribution in [-0.2, 0) is 4.74 Å². The molecule has 1 aliphatic heterocycles. The first-order valence-corrected chi connectivity index (χ1v) is 7.63. The van der Waals surface area contributed by atoms with Crippen LogP contribution in [0, 0.1) is 5.41 Å². The minimum Gasteiger partial charge on any atom is -0.367 e. The standard InChI is InChI=1S/C16H34N2O/c1-9-17-13(2)14(3,4)10-18-11-15(5,6)19-16(7,8)12-18/h13,17H,9-12H2,1-8H3. The van der Waals surface area contributed by atoms with Gasteiger partial charge < -0.3 is 10.1 Å². The van der Waals surface area contributed by atoms with E-state index < -0.39 is 0 Å². The van der Waals surface area contributed by atoms with E-state index in [0.29, 0.717) is 6.04 Å². The Morgan fingerprint density at radius 2 is 1.63 bits per heavy atom. The van der Waals surface area contributed by atoms with E-state index in [9.17, 15) is 0 Å². The molecule has 0 aromatic carbocycles. The molecule has 114 valence electrons. The molecule has 0 bridgehead atoms. The van der Waals surface area contributed by atoms with Gasteiger partial charge in [-0.25, -0.2) is 0 Å². The van der Waals surface area contributed by atoms with E-state index in [1.54, 1.807) is 0 Å². The number of hydrogen-bond donors (Lipinski definition) is 1. The minimum atomic E-state index is -0.0563. The molecule has 3 heteroatoms. The molecule has 0 radical (unpaired) electrons. The van der Waals surface area contributed by atoms with Crippen LogP contribution in [0.1, 0.15) is 55.4 Å². The van der Waals surface area contributed by atoms with Crippen LogP contribution in [-0.4, -0.2) is 48.3 Å². The Hall–Kier alpha value is -0.120. The zero-order chi connectivity index (χ0) is 14.9. The van der Waals surface area contributed by atoms with E-state index in [-0.39, 0.29) is 16.6 Å². The molecule has 1 aliphatic rings. The molecule has 0 aromatic heterocycles. The average Bonchev–Trinajstić information content (AvgIpc) is 2.11. The average molecular weight is 270 g/mol. The van der Waals surface area contributed by atoms with Crippen LogP contribution in [0.3, 0.4) is 0 Å². The van der Waals surface area contributed by atoms with Crippen LogP contribution >= 0.6 is 0 Å². The third-order valence-corrected chi connectivity index (χ3v) is 4.07. The van der Waals surface area contributed by atoms with Crippen LogP contribution in [0.15, 0.2) is 0 Å². The molecular weight excluding hydrogens is 236 g/mol. The van der Waals surface area contributed by atoms with Crippen LogP contribution in [0.25, 0.3) is 0 Å². The van der Waals surface area contributed by atoms with Gasteiger partial charge >= 0.3 is 0 Å². The van der Waals surface area contributed by atoms with Crippen LogP contribution in [0.5, 0.6) is 0 Å². The Bertz CT molecular complexity index is 281. The van der Waals surface area contributed by atoms with Crippen molar-refractivity contribution in [3.63, 3.8) is 0 Å². The predicted molar refractivity (Wildman–Crippen MR) is 82.6 cm³/mol. The van der Waals surface area contributed by atoms with Gasteiger partial charge in [0.05, 0.1) is 11.2 Å². The lowest BCUT2D eigenvalue weighted by Crippen LogP contribution is -2.60. The lowest BCUT2D eigenvalue weighted by molar-refractivity contribution is -0.184. The zero-order valence-corrected chi connectivity index (χ0v) is 14.3. The SMILES string of the molecule is CCNC(C)C(C)(C)CN1CC(C)(C)OC(C)(C)C1. The summed E-state index contributed by atoms with van der Waals surface area (Å²) in [6, 6.07) is 0.520. The number of nitrogens with one attached hydrogen (secondary N) is 1. The summed E-state index contributed by atoms with van der Waals surface area (Å²) in [7, 11) is 0. The van der Waals surface area contributed by atoms with E-state index in [2.05, 4.69) is 65.6 Å². The third kappa shape index (κ3) is 5.05. The normalized spacial score (nSPS) is 25.3. The summed E-state index contributed by atoms with van der Waals surface area (Å²) in [6.45, 7) is 22.1. The highest BCUT2D eigenvalue weighted by Crippen LogP contribution is 2.31. The van der Waals surface area contributed by atoms with Crippen LogP contribution in [0.4, 0.5) is 0 Å². The van der Waals surface area contributed by atoms with E-state index in [4.69, 9.17) is 4.74 Å². The van der Waals surface area contributed by atoms with E-state index >= 15 is 0 Å². The fourth-order valence-corrected chi connectivity index (χ4v) is 3.35. The summed E-state index contributed by atoms with van der Waals surface area (Å²) in [5, 5.41) is 3.56. The van der Waals surface area contributed by atoms with Crippen LogP contribution < -0.4 is 5.32 Å². The maximum absolute atomic E-state index is 6.16. The van der Waals surface area contributed by atoms with Gasteiger partial charge in [-0.2, -0.15) is 0 Å². The number of ether oxygens (including phenoxy) is 1. The van der Waals surface area contributed by atoms with Gasteiger partial charge in [0.1, 0.15) is 0 Å². The van der Waals surface area contributed by atoms with Crippen molar-refractivity contribution in [2.45, 2.75) is 72.6 Å². The molecule has 1 saturated heterocycles. The Labute approximate surface area is 120 Å². The summed E-state index contributed by atoms with van der Waals surface area (Å²) in [6.07, 6.45) is 0. The van der Waals surface area contributed by atoms with Crippen molar-refractivity contribution >= 4 is 0 Å². The molecule has 0 aliphatic carbocycles. The van der Waals surface area contributed by atoms with Crippen molar-refractivity contribution < 1.29 is 4.74 Å². The summed E-state index contributed by atoms with van der Waals surface area (Å²) in [5.74, 6) is 0. The molecule has 1 unspecified atom stereocenters. The Morgan fingerprint density at radius 1 is 1.16 bits per heavy atom. The lowest BCUT2D eigenvalue weighted by Gasteiger charge is -2.49. The summed E-state index contributed by atoms with van der Waals surface area (Å²) in [4.78, 5) is 2.57. The largest absolute Gasteiger partial charge is 0.367 e. The van der Waals surface area contributed by atoms with Crippen LogP contribution in [0.2, 0.25) is 0 Å². The maximum atomic E-state index is 6.16. The van der Waals surface area contributed by atoms with Crippen molar-refractivity contribution in [1.29, 1.82) is 0 Å². The number of rotatable bonds is 5. The van der Waals surface area contributed by atoms with Crippen molar-refractivity contribution in [3.8, 4) is 0 Å². The van der Waals surface area contributed by atoms with Crippen molar-refractivity contribution in [2.75, 3.05) is 26.2 Å². The molecule has 1 fully saturated rings. The van der Waals surface area contributed by atoms with Gasteiger partial charge in [0, 0.05) is 25.7 Å². The zero-order valence-electron chi connectivity index (χ0n) is 14.3. The third-order valence-electron chi connectivity index (χ3n) is 4.07. The molecule has 1 rings (SSSR count). The molecule has 19 heavy (non-hydrogen) atoms. The molecular formula is C16H34N2O. The summed E-state index contributed by atoms with van der Waals surface area (Å²) in [5.41, 5.74) is 0.151. The topological polar surface area (TPSA) is 24.5 Å². The van der Waals surface area contributed by atoms with Gasteiger partial charge in [-0.05, 0) is 46.6 Å². The second kappa shape index (κ2) is 5.71.